The average Bonchev–Trinajstić information content (AvgIpc) is 2.41. The largest absolute Gasteiger partial charge is 0.494 e. The number of halogens is 1. The van der Waals surface area contributed by atoms with Crippen LogP contribution < -0.4 is 4.74 Å². The Morgan fingerprint density at radius 1 is 1.16 bits per heavy atom. The molecule has 0 heterocycles. The Labute approximate surface area is 112 Å². The van der Waals surface area contributed by atoms with Crippen molar-refractivity contribution in [3.05, 3.63) is 64.5 Å². The fourth-order valence-corrected chi connectivity index (χ4v) is 2.10. The number of hydrogen-bond acceptors (Lipinski definition) is 2. The van der Waals surface area contributed by atoms with Gasteiger partial charge in [0, 0.05) is 0 Å². The van der Waals surface area contributed by atoms with E-state index >= 15 is 0 Å². The second-order valence-electron chi connectivity index (χ2n) is 4.59. The Kier molecular flexibility index (Phi) is 3.86. The van der Waals surface area contributed by atoms with Gasteiger partial charge in [-0.2, -0.15) is 0 Å². The van der Waals surface area contributed by atoms with Crippen molar-refractivity contribution in [3.8, 4) is 5.75 Å². The quantitative estimate of drug-likeness (QED) is 0.914. The number of ether oxygens (including phenoxy) is 1. The summed E-state index contributed by atoms with van der Waals surface area (Å²) in [6.07, 6.45) is -0.783. The van der Waals surface area contributed by atoms with Crippen LogP contribution >= 0.6 is 0 Å². The van der Waals surface area contributed by atoms with Gasteiger partial charge in [-0.15, -0.1) is 0 Å². The monoisotopic (exact) mass is 260 g/mol. The van der Waals surface area contributed by atoms with Crippen molar-refractivity contribution < 1.29 is 14.2 Å². The fourth-order valence-electron chi connectivity index (χ4n) is 2.10. The van der Waals surface area contributed by atoms with E-state index < -0.39 is 11.9 Å². The number of hydrogen-bond donors (Lipinski definition) is 1. The van der Waals surface area contributed by atoms with Crippen LogP contribution in [0.5, 0.6) is 5.75 Å². The van der Waals surface area contributed by atoms with Crippen LogP contribution in [-0.4, -0.2) is 12.2 Å². The molecule has 0 aromatic heterocycles. The molecule has 0 aliphatic rings. The Morgan fingerprint density at radius 3 is 2.58 bits per heavy atom. The average molecular weight is 260 g/mol. The van der Waals surface area contributed by atoms with Gasteiger partial charge in [0.05, 0.1) is 7.11 Å². The predicted molar refractivity (Wildman–Crippen MR) is 72.9 cm³/mol. The van der Waals surface area contributed by atoms with Crippen LogP contribution in [0.25, 0.3) is 0 Å². The molecule has 2 rings (SSSR count). The molecule has 2 aromatic rings. The van der Waals surface area contributed by atoms with Crippen LogP contribution in [0.1, 0.15) is 28.4 Å². The summed E-state index contributed by atoms with van der Waals surface area (Å²) >= 11 is 0. The van der Waals surface area contributed by atoms with Crippen LogP contribution in [0.3, 0.4) is 0 Å². The summed E-state index contributed by atoms with van der Waals surface area (Å²) in [4.78, 5) is 0. The fraction of sp³-hybridized carbons (Fsp3) is 0.250. The lowest BCUT2D eigenvalue weighted by Crippen LogP contribution is -2.04. The number of aliphatic hydroxyl groups excluding tert-OH is 1. The molecule has 100 valence electrons. The topological polar surface area (TPSA) is 29.5 Å². The zero-order chi connectivity index (χ0) is 14.0. The molecule has 19 heavy (non-hydrogen) atoms. The third-order valence-electron chi connectivity index (χ3n) is 3.43. The third-order valence-corrected chi connectivity index (χ3v) is 3.43. The van der Waals surface area contributed by atoms with Crippen molar-refractivity contribution in [2.24, 2.45) is 0 Å². The number of benzene rings is 2. The highest BCUT2D eigenvalue weighted by molar-refractivity contribution is 5.41. The summed E-state index contributed by atoms with van der Waals surface area (Å²) < 4.78 is 18.3. The molecule has 0 saturated heterocycles. The molecule has 1 unspecified atom stereocenters. The van der Waals surface area contributed by atoms with Gasteiger partial charge in [0.25, 0.3) is 0 Å². The van der Waals surface area contributed by atoms with Crippen LogP contribution in [0, 0.1) is 19.7 Å². The first kappa shape index (κ1) is 13.6. The highest BCUT2D eigenvalue weighted by atomic mass is 19.1. The van der Waals surface area contributed by atoms with Gasteiger partial charge in [-0.05, 0) is 48.2 Å². The van der Waals surface area contributed by atoms with Crippen molar-refractivity contribution in [3.63, 3.8) is 0 Å². The molecular weight excluding hydrogens is 243 g/mol. The van der Waals surface area contributed by atoms with E-state index in [1.807, 2.05) is 32.0 Å². The van der Waals surface area contributed by atoms with Gasteiger partial charge in [0.2, 0.25) is 0 Å². The molecule has 3 heteroatoms. The Hall–Kier alpha value is -1.87. The minimum absolute atomic E-state index is 0.141. The molecule has 0 amide bonds. The standard InChI is InChI=1S/C16H17FO2/c1-10-5-4-6-13(11(10)2)16(18)12-7-8-14(17)15(9-12)19-3/h4-9,16,18H,1-3H3. The summed E-state index contributed by atoms with van der Waals surface area (Å²) in [6.45, 7) is 3.96. The number of methoxy groups -OCH3 is 1. The molecule has 1 N–H and O–H groups in total. The van der Waals surface area contributed by atoms with Crippen molar-refractivity contribution in [1.82, 2.24) is 0 Å². The zero-order valence-electron chi connectivity index (χ0n) is 11.3. The molecule has 2 nitrogen and oxygen atoms in total. The van der Waals surface area contributed by atoms with Gasteiger partial charge < -0.3 is 9.84 Å². The normalized spacial score (nSPS) is 12.3. The molecular formula is C16H17FO2. The lowest BCUT2D eigenvalue weighted by Gasteiger charge is -2.16. The lowest BCUT2D eigenvalue weighted by atomic mass is 9.95. The van der Waals surface area contributed by atoms with Gasteiger partial charge in [0.15, 0.2) is 11.6 Å². The maximum absolute atomic E-state index is 13.4. The zero-order valence-corrected chi connectivity index (χ0v) is 11.3. The van der Waals surface area contributed by atoms with Crippen LogP contribution in [0.15, 0.2) is 36.4 Å². The highest BCUT2D eigenvalue weighted by Gasteiger charge is 2.15. The van der Waals surface area contributed by atoms with Gasteiger partial charge in [-0.25, -0.2) is 4.39 Å². The van der Waals surface area contributed by atoms with Crippen molar-refractivity contribution in [2.75, 3.05) is 7.11 Å². The molecule has 0 spiro atoms. The van der Waals surface area contributed by atoms with E-state index in [-0.39, 0.29) is 5.75 Å². The van der Waals surface area contributed by atoms with E-state index in [0.29, 0.717) is 5.56 Å². The third kappa shape index (κ3) is 2.61. The minimum Gasteiger partial charge on any atom is -0.494 e. The van der Waals surface area contributed by atoms with E-state index in [9.17, 15) is 9.50 Å². The molecule has 0 saturated carbocycles. The van der Waals surface area contributed by atoms with E-state index in [2.05, 4.69) is 0 Å². The van der Waals surface area contributed by atoms with Crippen molar-refractivity contribution in [2.45, 2.75) is 20.0 Å². The first-order valence-corrected chi connectivity index (χ1v) is 6.12. The summed E-state index contributed by atoms with van der Waals surface area (Å²) in [5.74, 6) is -0.290. The van der Waals surface area contributed by atoms with Crippen LogP contribution in [0.2, 0.25) is 0 Å². The molecule has 2 aromatic carbocycles. The lowest BCUT2D eigenvalue weighted by molar-refractivity contribution is 0.218. The molecule has 0 fully saturated rings. The Bertz CT molecular complexity index is 593. The molecule has 0 radical (unpaired) electrons. The van der Waals surface area contributed by atoms with Gasteiger partial charge >= 0.3 is 0 Å². The Morgan fingerprint density at radius 2 is 1.89 bits per heavy atom. The van der Waals surface area contributed by atoms with Gasteiger partial charge in [-0.3, -0.25) is 0 Å². The molecule has 0 bridgehead atoms. The van der Waals surface area contributed by atoms with Gasteiger partial charge in [0.1, 0.15) is 6.10 Å². The highest BCUT2D eigenvalue weighted by Crippen LogP contribution is 2.29. The van der Waals surface area contributed by atoms with E-state index in [0.717, 1.165) is 16.7 Å². The number of aryl methyl sites for hydroxylation is 1. The maximum atomic E-state index is 13.4. The summed E-state index contributed by atoms with van der Waals surface area (Å²) in [5.41, 5.74) is 3.60. The smallest absolute Gasteiger partial charge is 0.165 e. The van der Waals surface area contributed by atoms with Crippen LogP contribution in [0.4, 0.5) is 4.39 Å². The Balaban J connectivity index is 2.44. The van der Waals surface area contributed by atoms with Crippen LogP contribution in [-0.2, 0) is 0 Å². The second-order valence-corrected chi connectivity index (χ2v) is 4.59. The van der Waals surface area contributed by atoms with Gasteiger partial charge in [-0.1, -0.05) is 24.3 Å². The first-order valence-electron chi connectivity index (χ1n) is 6.12. The number of aliphatic hydroxyl groups is 1. The summed E-state index contributed by atoms with van der Waals surface area (Å²) in [5, 5.41) is 10.4. The molecule has 0 aliphatic carbocycles. The van der Waals surface area contributed by atoms with E-state index in [4.69, 9.17) is 4.74 Å². The maximum Gasteiger partial charge on any atom is 0.165 e. The van der Waals surface area contributed by atoms with E-state index in [1.165, 1.54) is 19.2 Å². The van der Waals surface area contributed by atoms with Crippen molar-refractivity contribution in [1.29, 1.82) is 0 Å². The summed E-state index contributed by atoms with van der Waals surface area (Å²) in [6, 6.07) is 10.2. The molecule has 0 aliphatic heterocycles. The predicted octanol–water partition coefficient (Wildman–Crippen LogP) is 3.53. The van der Waals surface area contributed by atoms with E-state index in [1.54, 1.807) is 6.07 Å². The first-order chi connectivity index (χ1) is 9.04. The second kappa shape index (κ2) is 5.41. The SMILES string of the molecule is COc1cc(C(O)c2cccc(C)c2C)ccc1F. The minimum atomic E-state index is -0.783. The van der Waals surface area contributed by atoms with Crippen molar-refractivity contribution >= 4 is 0 Å². The number of rotatable bonds is 3. The summed E-state index contributed by atoms with van der Waals surface area (Å²) in [7, 11) is 1.41. The molecule has 1 atom stereocenters.